The summed E-state index contributed by atoms with van der Waals surface area (Å²) in [6.45, 7) is 5.43. The van der Waals surface area contributed by atoms with Gasteiger partial charge in [-0.3, -0.25) is 0 Å². The molecule has 0 N–H and O–H groups in total. The minimum absolute atomic E-state index is 0.0345. The van der Waals surface area contributed by atoms with Crippen molar-refractivity contribution in [3.63, 3.8) is 0 Å². The molecule has 3 rings (SSSR count). The number of benzene rings is 2. The molecule has 10 heteroatoms. The predicted octanol–water partition coefficient (Wildman–Crippen LogP) is 2.40. The van der Waals surface area contributed by atoms with Crippen LogP contribution in [0.2, 0.25) is 0 Å². The summed E-state index contributed by atoms with van der Waals surface area (Å²) < 4.78 is 66.5. The molecule has 31 heavy (non-hydrogen) atoms. The largest absolute Gasteiger partial charge is 0.495 e. The Balaban J connectivity index is 1.91. The lowest BCUT2D eigenvalue weighted by atomic mass is 10.2. The van der Waals surface area contributed by atoms with E-state index in [9.17, 15) is 16.8 Å². The van der Waals surface area contributed by atoms with E-state index in [0.717, 1.165) is 11.1 Å². The van der Waals surface area contributed by atoms with Crippen LogP contribution < -0.4 is 9.47 Å². The van der Waals surface area contributed by atoms with Crippen LogP contribution in [0.15, 0.2) is 46.2 Å². The molecule has 0 aromatic heterocycles. The van der Waals surface area contributed by atoms with Gasteiger partial charge in [0.05, 0.1) is 14.2 Å². The smallest absolute Gasteiger partial charge is 0.247 e. The molecule has 1 atom stereocenters. The highest BCUT2D eigenvalue weighted by Gasteiger charge is 2.39. The zero-order chi connectivity index (χ0) is 23.0. The summed E-state index contributed by atoms with van der Waals surface area (Å²) in [5.41, 5.74) is 1.58. The number of methoxy groups -OCH3 is 2. The maximum absolute atomic E-state index is 13.4. The summed E-state index contributed by atoms with van der Waals surface area (Å²) in [5.74, 6) is 0.523. The van der Waals surface area contributed by atoms with Gasteiger partial charge in [0.15, 0.2) is 0 Å². The van der Waals surface area contributed by atoms with E-state index in [1.54, 1.807) is 50.2 Å². The summed E-state index contributed by atoms with van der Waals surface area (Å²) in [4.78, 5) is 0.164. The SMILES string of the molecule is COc1ccc(C)cc1S(=O)(=O)N1CCN(S(=O)(=O)c2cc(C)ccc2OC)[C@@H](C)C1. The Morgan fingerprint density at radius 1 is 0.806 bits per heavy atom. The Morgan fingerprint density at radius 3 is 1.74 bits per heavy atom. The molecule has 2 aromatic carbocycles. The van der Waals surface area contributed by atoms with E-state index >= 15 is 0 Å². The maximum atomic E-state index is 13.4. The van der Waals surface area contributed by atoms with Crippen LogP contribution >= 0.6 is 0 Å². The molecule has 8 nitrogen and oxygen atoms in total. The summed E-state index contributed by atoms with van der Waals surface area (Å²) in [5, 5.41) is 0. The molecule has 1 fully saturated rings. The van der Waals surface area contributed by atoms with E-state index in [0.29, 0.717) is 0 Å². The fourth-order valence-electron chi connectivity index (χ4n) is 3.72. The second-order valence-electron chi connectivity index (χ2n) is 7.64. The van der Waals surface area contributed by atoms with Gasteiger partial charge in [0.25, 0.3) is 0 Å². The molecular weight excluding hydrogens is 440 g/mol. The van der Waals surface area contributed by atoms with E-state index in [4.69, 9.17) is 9.47 Å². The van der Waals surface area contributed by atoms with Gasteiger partial charge in [-0.1, -0.05) is 12.1 Å². The summed E-state index contributed by atoms with van der Waals surface area (Å²) in [6.07, 6.45) is 0. The molecule has 1 aliphatic heterocycles. The second-order valence-corrected chi connectivity index (χ2v) is 11.4. The third kappa shape index (κ3) is 4.43. The van der Waals surface area contributed by atoms with Crippen molar-refractivity contribution < 1.29 is 26.3 Å². The van der Waals surface area contributed by atoms with Gasteiger partial charge in [-0.2, -0.15) is 8.61 Å². The average molecular weight is 469 g/mol. The van der Waals surface area contributed by atoms with Crippen molar-refractivity contribution in [3.8, 4) is 11.5 Å². The van der Waals surface area contributed by atoms with Crippen LogP contribution in [0.4, 0.5) is 0 Å². The maximum Gasteiger partial charge on any atom is 0.247 e. The quantitative estimate of drug-likeness (QED) is 0.646. The highest BCUT2D eigenvalue weighted by atomic mass is 32.2. The number of piperazine rings is 1. The average Bonchev–Trinajstić information content (AvgIpc) is 2.73. The van der Waals surface area contributed by atoms with Gasteiger partial charge in [0.1, 0.15) is 21.3 Å². The minimum Gasteiger partial charge on any atom is -0.495 e. The van der Waals surface area contributed by atoms with Crippen molar-refractivity contribution >= 4 is 20.0 Å². The van der Waals surface area contributed by atoms with Crippen LogP contribution in [0.1, 0.15) is 18.1 Å². The van der Waals surface area contributed by atoms with Crippen LogP contribution in [0, 0.1) is 13.8 Å². The van der Waals surface area contributed by atoms with Crippen molar-refractivity contribution in [2.45, 2.75) is 36.6 Å². The summed E-state index contributed by atoms with van der Waals surface area (Å²) in [6, 6.07) is 9.38. The monoisotopic (exact) mass is 468 g/mol. The Hall–Kier alpha value is -2.14. The first kappa shape index (κ1) is 23.5. The first-order valence-corrected chi connectivity index (χ1v) is 12.7. The fraction of sp³-hybridized carbons (Fsp3) is 0.429. The molecule has 0 saturated carbocycles. The van der Waals surface area contributed by atoms with Crippen molar-refractivity contribution in [1.82, 2.24) is 8.61 Å². The number of aryl methyl sites for hydroxylation is 2. The zero-order valence-electron chi connectivity index (χ0n) is 18.3. The molecule has 1 heterocycles. The van der Waals surface area contributed by atoms with Gasteiger partial charge in [0.2, 0.25) is 20.0 Å². The fourth-order valence-corrected chi connectivity index (χ4v) is 7.33. The van der Waals surface area contributed by atoms with Crippen LogP contribution in [0.25, 0.3) is 0 Å². The molecule has 0 aliphatic carbocycles. The normalized spacial score (nSPS) is 18.7. The number of sulfonamides is 2. The number of nitrogens with zero attached hydrogens (tertiary/aromatic N) is 2. The number of ether oxygens (including phenoxy) is 2. The van der Waals surface area contributed by atoms with Gasteiger partial charge in [-0.05, 0) is 56.2 Å². The lowest BCUT2D eigenvalue weighted by molar-refractivity contribution is 0.212. The molecule has 2 aromatic rings. The molecule has 1 saturated heterocycles. The Morgan fingerprint density at radius 2 is 1.29 bits per heavy atom. The number of rotatable bonds is 6. The zero-order valence-corrected chi connectivity index (χ0v) is 20.0. The van der Waals surface area contributed by atoms with Crippen LogP contribution in [0.5, 0.6) is 11.5 Å². The Bertz CT molecular complexity index is 1180. The summed E-state index contributed by atoms with van der Waals surface area (Å²) in [7, 11) is -4.87. The lowest BCUT2D eigenvalue weighted by Crippen LogP contribution is -2.55. The summed E-state index contributed by atoms with van der Waals surface area (Å²) >= 11 is 0. The Kier molecular flexibility index (Phi) is 6.66. The predicted molar refractivity (Wildman–Crippen MR) is 118 cm³/mol. The van der Waals surface area contributed by atoms with E-state index in [-0.39, 0.29) is 40.9 Å². The highest BCUT2D eigenvalue weighted by molar-refractivity contribution is 7.89. The van der Waals surface area contributed by atoms with Crippen molar-refractivity contribution in [2.24, 2.45) is 0 Å². The first-order valence-electron chi connectivity index (χ1n) is 9.83. The molecule has 0 radical (unpaired) electrons. The second kappa shape index (κ2) is 8.78. The number of hydrogen-bond donors (Lipinski definition) is 0. The molecular formula is C21H28N2O6S2. The van der Waals surface area contributed by atoms with Crippen molar-refractivity contribution in [1.29, 1.82) is 0 Å². The van der Waals surface area contributed by atoms with Crippen molar-refractivity contribution in [2.75, 3.05) is 33.9 Å². The van der Waals surface area contributed by atoms with Crippen molar-refractivity contribution in [3.05, 3.63) is 47.5 Å². The molecule has 0 unspecified atom stereocenters. The van der Waals surface area contributed by atoms with Gasteiger partial charge in [0, 0.05) is 25.7 Å². The van der Waals surface area contributed by atoms with Crippen LogP contribution in [-0.2, 0) is 20.0 Å². The standard InChI is InChI=1S/C21H28N2O6S2/c1-15-6-8-18(28-4)20(12-15)30(24,25)22-10-11-23(17(3)14-22)31(26,27)21-13-16(2)7-9-19(21)29-5/h6-9,12-13,17H,10-11,14H2,1-5H3/t17-/m0/s1. The Labute approximate surface area is 184 Å². The highest BCUT2D eigenvalue weighted by Crippen LogP contribution is 2.33. The van der Waals surface area contributed by atoms with Gasteiger partial charge in [-0.25, -0.2) is 16.8 Å². The molecule has 0 bridgehead atoms. The lowest BCUT2D eigenvalue weighted by Gasteiger charge is -2.38. The molecule has 1 aliphatic rings. The third-order valence-electron chi connectivity index (χ3n) is 5.37. The van der Waals surface area contributed by atoms with E-state index < -0.39 is 26.1 Å². The molecule has 0 amide bonds. The van der Waals surface area contributed by atoms with E-state index in [1.807, 2.05) is 6.92 Å². The van der Waals surface area contributed by atoms with Gasteiger partial charge in [-0.15, -0.1) is 0 Å². The molecule has 0 spiro atoms. The van der Waals surface area contributed by atoms with Gasteiger partial charge >= 0.3 is 0 Å². The topological polar surface area (TPSA) is 93.2 Å². The molecule has 170 valence electrons. The van der Waals surface area contributed by atoms with E-state index in [2.05, 4.69) is 0 Å². The van der Waals surface area contributed by atoms with E-state index in [1.165, 1.54) is 22.8 Å². The van der Waals surface area contributed by atoms with Gasteiger partial charge < -0.3 is 9.47 Å². The first-order chi connectivity index (χ1) is 14.5. The van der Waals surface area contributed by atoms with Crippen LogP contribution in [-0.4, -0.2) is 65.3 Å². The third-order valence-corrected chi connectivity index (χ3v) is 9.29. The number of hydrogen-bond acceptors (Lipinski definition) is 6. The minimum atomic E-state index is -3.87. The van der Waals surface area contributed by atoms with Crippen LogP contribution in [0.3, 0.4) is 0 Å².